The lowest BCUT2D eigenvalue weighted by Crippen LogP contribution is -2.49. The molecule has 0 aromatic heterocycles. The van der Waals surface area contributed by atoms with Gasteiger partial charge in [-0.25, -0.2) is 0 Å². The number of hydrogen-bond acceptors (Lipinski definition) is 6. The second-order valence-electron chi connectivity index (χ2n) is 7.70. The number of nitrogens with two attached hydrogens (primary N) is 1. The molecule has 5 N–H and O–H groups in total. The molecule has 1 rings (SSSR count). The number of likely N-dealkylation sites (tertiary alicyclic amines) is 1. The van der Waals surface area contributed by atoms with E-state index >= 15 is 0 Å². The summed E-state index contributed by atoms with van der Waals surface area (Å²) in [6.07, 6.45) is 6.73. The van der Waals surface area contributed by atoms with Gasteiger partial charge in [-0.05, 0) is 45.1 Å². The third-order valence-corrected chi connectivity index (χ3v) is 6.77. The van der Waals surface area contributed by atoms with Gasteiger partial charge in [0.15, 0.2) is 0 Å². The van der Waals surface area contributed by atoms with Crippen molar-refractivity contribution >= 4 is 13.6 Å². The highest BCUT2D eigenvalue weighted by molar-refractivity contribution is 7.52. The topological polar surface area (TPSA) is 133 Å². The fourth-order valence-electron chi connectivity index (χ4n) is 3.69. The van der Waals surface area contributed by atoms with Gasteiger partial charge >= 0.3 is 13.6 Å². The van der Waals surface area contributed by atoms with E-state index in [1.54, 1.807) is 0 Å². The molecule has 0 saturated carbocycles. The van der Waals surface area contributed by atoms with Crippen LogP contribution < -0.4 is 5.73 Å². The Morgan fingerprint density at radius 1 is 1.21 bits per heavy atom. The Kier molecular flexibility index (Phi) is 12.5. The summed E-state index contributed by atoms with van der Waals surface area (Å²) < 4.78 is 18.0. The van der Waals surface area contributed by atoms with Gasteiger partial charge in [0.2, 0.25) is 0 Å². The van der Waals surface area contributed by atoms with Crippen molar-refractivity contribution in [1.29, 1.82) is 0 Å². The Bertz CT molecular complexity index is 493. The van der Waals surface area contributed by atoms with E-state index in [1.807, 2.05) is 0 Å². The van der Waals surface area contributed by atoms with E-state index in [1.165, 1.54) is 11.3 Å². The molecule has 166 valence electrons. The molecule has 1 unspecified atom stereocenters. The summed E-state index contributed by atoms with van der Waals surface area (Å²) in [4.78, 5) is 23.2. The molecule has 0 radical (unpaired) electrons. The first kappa shape index (κ1) is 25.5. The quantitative estimate of drug-likeness (QED) is 0.220. The van der Waals surface area contributed by atoms with Gasteiger partial charge in [-0.1, -0.05) is 39.0 Å². The first-order chi connectivity index (χ1) is 13.3. The minimum atomic E-state index is -3.86. The van der Waals surface area contributed by atoms with Crippen molar-refractivity contribution in [2.24, 2.45) is 5.73 Å². The number of hydrogen-bond donors (Lipinski definition) is 4. The zero-order chi connectivity index (χ0) is 21.0. The molecule has 4 atom stereocenters. The van der Waals surface area contributed by atoms with Crippen LogP contribution in [0.3, 0.4) is 0 Å². The van der Waals surface area contributed by atoms with E-state index in [0.717, 1.165) is 25.7 Å². The second-order valence-corrected chi connectivity index (χ2v) is 9.64. The van der Waals surface area contributed by atoms with Gasteiger partial charge in [-0.15, -0.1) is 0 Å². The number of aliphatic hydroxyl groups excluding tert-OH is 1. The third-order valence-electron chi connectivity index (χ3n) is 5.29. The predicted octanol–water partition coefficient (Wildman–Crippen LogP) is 2.91. The molecule has 1 fully saturated rings. The van der Waals surface area contributed by atoms with Crippen LogP contribution in [-0.4, -0.2) is 63.6 Å². The summed E-state index contributed by atoms with van der Waals surface area (Å²) in [5.41, 5.74) is 5.52. The standard InChI is InChI=1S/C19H39N2O6P/c1-2-3-4-5-6-9-15-28(25,26)27-17(12-7-8-13-20)18(22)21-14-10-11-16(21)19(23)24/h16-18,22H,2-15,20H2,1H3,(H,23,24)(H,25,26)/t16-,17-,18-/m0/s1. The van der Waals surface area contributed by atoms with Crippen molar-refractivity contribution in [2.75, 3.05) is 19.3 Å². The molecule has 28 heavy (non-hydrogen) atoms. The maximum atomic E-state index is 12.5. The Balaban J connectivity index is 2.64. The maximum Gasteiger partial charge on any atom is 0.328 e. The first-order valence-electron chi connectivity index (χ1n) is 10.7. The van der Waals surface area contributed by atoms with Crippen LogP contribution in [-0.2, 0) is 13.9 Å². The molecule has 1 aliphatic rings. The van der Waals surface area contributed by atoms with Gasteiger partial charge in [0, 0.05) is 12.7 Å². The summed E-state index contributed by atoms with van der Waals surface area (Å²) in [5, 5.41) is 20.1. The van der Waals surface area contributed by atoms with Gasteiger partial charge in [0.25, 0.3) is 0 Å². The average molecular weight is 423 g/mol. The van der Waals surface area contributed by atoms with E-state index < -0.39 is 31.9 Å². The largest absolute Gasteiger partial charge is 0.480 e. The summed E-state index contributed by atoms with van der Waals surface area (Å²) in [6, 6.07) is -0.785. The fraction of sp³-hybridized carbons (Fsp3) is 0.947. The van der Waals surface area contributed by atoms with Crippen LogP contribution in [0.2, 0.25) is 0 Å². The number of aliphatic carboxylic acids is 1. The minimum absolute atomic E-state index is 0.0571. The number of unbranched alkanes of at least 4 members (excludes halogenated alkanes) is 6. The summed E-state index contributed by atoms with van der Waals surface area (Å²) in [5.74, 6) is -0.989. The highest BCUT2D eigenvalue weighted by Crippen LogP contribution is 2.46. The van der Waals surface area contributed by atoms with Crippen LogP contribution in [0.4, 0.5) is 0 Å². The van der Waals surface area contributed by atoms with Crippen LogP contribution in [0.5, 0.6) is 0 Å². The highest BCUT2D eigenvalue weighted by Gasteiger charge is 2.40. The van der Waals surface area contributed by atoms with Crippen LogP contribution in [0.1, 0.15) is 77.6 Å². The SMILES string of the molecule is CCCCCCCCP(=O)(O)O[C@@H](CCCCN)[C@H](O)N1CCC[C@H]1C(=O)O. The lowest BCUT2D eigenvalue weighted by atomic mass is 10.1. The number of carbonyl (C=O) groups is 1. The molecular formula is C19H39N2O6P. The zero-order valence-corrected chi connectivity index (χ0v) is 18.1. The zero-order valence-electron chi connectivity index (χ0n) is 17.2. The van der Waals surface area contributed by atoms with E-state index in [2.05, 4.69) is 6.92 Å². The molecule has 0 aromatic carbocycles. The molecule has 0 spiro atoms. The molecular weight excluding hydrogens is 383 g/mol. The monoisotopic (exact) mass is 422 g/mol. The average Bonchev–Trinajstić information content (AvgIpc) is 3.13. The number of carboxylic acid groups (broad SMARTS) is 1. The van der Waals surface area contributed by atoms with E-state index in [4.69, 9.17) is 10.3 Å². The van der Waals surface area contributed by atoms with Crippen LogP contribution in [0, 0.1) is 0 Å². The predicted molar refractivity (Wildman–Crippen MR) is 109 cm³/mol. The minimum Gasteiger partial charge on any atom is -0.480 e. The van der Waals surface area contributed by atoms with Crippen molar-refractivity contribution in [3.05, 3.63) is 0 Å². The molecule has 8 nitrogen and oxygen atoms in total. The molecule has 0 amide bonds. The number of aliphatic hydroxyl groups is 1. The van der Waals surface area contributed by atoms with Crippen LogP contribution >= 0.6 is 7.60 Å². The summed E-state index contributed by atoms with van der Waals surface area (Å²) in [7, 11) is -3.86. The van der Waals surface area contributed by atoms with Crippen molar-refractivity contribution in [3.8, 4) is 0 Å². The molecule has 0 aliphatic carbocycles. The number of carboxylic acids is 1. The summed E-state index contributed by atoms with van der Waals surface area (Å²) in [6.45, 7) is 3.06. The first-order valence-corrected chi connectivity index (χ1v) is 12.5. The maximum absolute atomic E-state index is 12.5. The molecule has 1 saturated heterocycles. The Morgan fingerprint density at radius 2 is 1.89 bits per heavy atom. The van der Waals surface area contributed by atoms with Crippen LogP contribution in [0.25, 0.3) is 0 Å². The van der Waals surface area contributed by atoms with Gasteiger partial charge in [0.1, 0.15) is 18.4 Å². The number of rotatable bonds is 16. The van der Waals surface area contributed by atoms with E-state index in [9.17, 15) is 24.5 Å². The van der Waals surface area contributed by atoms with E-state index in [-0.39, 0.29) is 6.16 Å². The van der Waals surface area contributed by atoms with Crippen molar-refractivity contribution in [1.82, 2.24) is 4.90 Å². The van der Waals surface area contributed by atoms with Gasteiger partial charge in [-0.2, -0.15) is 0 Å². The molecule has 1 heterocycles. The molecule has 1 aliphatic heterocycles. The Hall–Kier alpha value is -0.500. The van der Waals surface area contributed by atoms with Gasteiger partial charge < -0.3 is 25.4 Å². The van der Waals surface area contributed by atoms with Crippen LogP contribution in [0.15, 0.2) is 0 Å². The van der Waals surface area contributed by atoms with Crippen molar-refractivity contribution in [3.63, 3.8) is 0 Å². The second kappa shape index (κ2) is 13.7. The van der Waals surface area contributed by atoms with Crippen molar-refractivity contribution < 1.29 is 29.0 Å². The van der Waals surface area contributed by atoms with Gasteiger partial charge in [0.05, 0.1) is 0 Å². The molecule has 9 heteroatoms. The van der Waals surface area contributed by atoms with E-state index in [0.29, 0.717) is 51.6 Å². The normalized spacial score (nSPS) is 22.1. The van der Waals surface area contributed by atoms with Gasteiger partial charge in [-0.3, -0.25) is 14.3 Å². The lowest BCUT2D eigenvalue weighted by Gasteiger charge is -2.33. The fourth-order valence-corrected chi connectivity index (χ4v) is 5.05. The molecule has 0 aromatic rings. The Labute approximate surface area is 169 Å². The van der Waals surface area contributed by atoms with Crippen molar-refractivity contribution in [2.45, 2.75) is 95.9 Å². The summed E-state index contributed by atoms with van der Waals surface area (Å²) >= 11 is 0. The Morgan fingerprint density at radius 3 is 2.54 bits per heavy atom. The highest BCUT2D eigenvalue weighted by atomic mass is 31.2. The molecule has 0 bridgehead atoms. The number of nitrogens with zero attached hydrogens (tertiary/aromatic N) is 1. The lowest BCUT2D eigenvalue weighted by molar-refractivity contribution is -0.150. The third kappa shape index (κ3) is 9.33. The smallest absolute Gasteiger partial charge is 0.328 e.